The van der Waals surface area contributed by atoms with Gasteiger partial charge in [-0.2, -0.15) is 0 Å². The summed E-state index contributed by atoms with van der Waals surface area (Å²) < 4.78 is 82.2. The number of hydrogen-bond acceptors (Lipinski definition) is 24. The Hall–Kier alpha value is -7.72. The Morgan fingerprint density at radius 1 is 0.102 bits per heavy atom. The van der Waals surface area contributed by atoms with Crippen molar-refractivity contribution in [1.29, 1.82) is 0 Å². The minimum atomic E-state index is -6.00. The van der Waals surface area contributed by atoms with Crippen LogP contribution < -0.4 is 62.2 Å². The summed E-state index contributed by atoms with van der Waals surface area (Å²) in [4.78, 5) is 169. The van der Waals surface area contributed by atoms with Crippen LogP contribution in [0.5, 0.6) is 0 Å². The van der Waals surface area contributed by atoms with E-state index in [1.807, 2.05) is 0 Å². The smallest absolute Gasteiger partial charge is 0.387 e. The lowest BCUT2D eigenvalue weighted by Crippen LogP contribution is -2.80. The standard InChI is InChI=1S/C72H72O24Si12/c73-97(61-37-13-1-14-38-61)85-98(74,62-39-15-2-16-40-62)87-100(76,64-43-19-4-20-44-64)89-102(78,66-47-23-6-24-48-66)91-104(80,68-51-27-8-28-52-68)93-106(82,70-55-31-10-32-56-70)95-108(84,72-59-35-12-36-60-72)96-107(83,71-57-33-11-34-58-71)94-105(81,69-53-29-9-30-54-69)92-103(79,67-49-25-7-26-50-67)90-101(77,65-45-21-5-22-46-65)88-99(75,86-97)63-41-17-3-18-42-63/h1-60,73-84H. The first-order valence-electron chi connectivity index (χ1n) is 33.5. The van der Waals surface area contributed by atoms with Crippen LogP contribution in [0.3, 0.4) is 0 Å². The normalized spacial score (nSPS) is 30.8. The van der Waals surface area contributed by atoms with Gasteiger partial charge in [0.1, 0.15) is 0 Å². The zero-order valence-corrected chi connectivity index (χ0v) is 68.9. The molecule has 0 bridgehead atoms. The second kappa shape index (κ2) is 32.3. The van der Waals surface area contributed by atoms with E-state index < -0.39 is 106 Å². The molecule has 552 valence electrons. The second-order valence-corrected chi connectivity index (χ2v) is 55.3. The van der Waals surface area contributed by atoms with Crippen LogP contribution in [0, 0.1) is 0 Å². The third-order valence-electron chi connectivity index (χ3n) is 17.0. The largest absolute Gasteiger partial charge is 0.520 e. The average molecular weight is 1660 g/mol. The summed E-state index contributed by atoms with van der Waals surface area (Å²) >= 11 is 0. The molecule has 0 spiro atoms. The summed E-state index contributed by atoms with van der Waals surface area (Å²) in [6, 6.07) is 86.2. The van der Waals surface area contributed by atoms with Gasteiger partial charge in [-0.3, -0.25) is 0 Å². The molecule has 108 heavy (non-hydrogen) atoms. The molecule has 0 atom stereocenters. The van der Waals surface area contributed by atoms with Crippen molar-refractivity contribution in [3.05, 3.63) is 364 Å². The van der Waals surface area contributed by atoms with Crippen LogP contribution in [0.15, 0.2) is 364 Å². The SMILES string of the molecule is O[Si]1(c2ccccc2)O[Si](O)(c2ccccc2)O[Si](O)(c2ccccc2)O[Si](O)(c2ccccc2)O[Si](O)(c2ccccc2)O[Si](O)(c2ccccc2)O[Si](O)(c2ccccc2)O[Si](O)(c2ccccc2)O[Si](O)(c2ccccc2)O[Si](O)(c2ccccc2)O[Si](O)(c2ccccc2)O[Si](O)(c2ccccc2)O1. The molecule has 1 aliphatic rings. The second-order valence-electron chi connectivity index (χ2n) is 24.6. The van der Waals surface area contributed by atoms with Gasteiger partial charge in [-0.05, 0) is 0 Å². The molecule has 12 aromatic rings. The highest BCUT2D eigenvalue weighted by atomic mass is 28.6. The summed E-state index contributed by atoms with van der Waals surface area (Å²) in [7, 11) is -72.0. The van der Waals surface area contributed by atoms with E-state index in [0.717, 1.165) is 0 Å². The summed E-state index contributed by atoms with van der Waals surface area (Å²) in [5.74, 6) is 0. The Bertz CT molecular complexity index is 3740. The molecule has 1 aliphatic heterocycles. The maximum Gasteiger partial charge on any atom is 0.520 e. The van der Waals surface area contributed by atoms with Crippen LogP contribution in [-0.2, 0) is 49.4 Å². The van der Waals surface area contributed by atoms with Crippen molar-refractivity contribution in [2.45, 2.75) is 0 Å². The maximum atomic E-state index is 14.1. The number of benzene rings is 12. The van der Waals surface area contributed by atoms with Gasteiger partial charge in [0, 0.05) is 62.2 Å². The van der Waals surface area contributed by atoms with Gasteiger partial charge in [0.05, 0.1) is 0 Å². The van der Waals surface area contributed by atoms with E-state index in [-0.39, 0.29) is 62.2 Å². The van der Waals surface area contributed by atoms with Crippen molar-refractivity contribution >= 4 is 168 Å². The van der Waals surface area contributed by atoms with Crippen LogP contribution in [-0.4, -0.2) is 163 Å². The van der Waals surface area contributed by atoms with Crippen LogP contribution in [0.1, 0.15) is 0 Å². The van der Waals surface area contributed by atoms with Crippen molar-refractivity contribution in [2.75, 3.05) is 0 Å². The fourth-order valence-electron chi connectivity index (χ4n) is 11.7. The van der Waals surface area contributed by atoms with Gasteiger partial charge in [-0.15, -0.1) is 0 Å². The fraction of sp³-hybridized carbons (Fsp3) is 0. The molecule has 0 amide bonds. The van der Waals surface area contributed by atoms with Crippen molar-refractivity contribution in [2.24, 2.45) is 0 Å². The predicted molar refractivity (Wildman–Crippen MR) is 422 cm³/mol. The highest BCUT2D eigenvalue weighted by Gasteiger charge is 2.71. The van der Waals surface area contributed by atoms with Gasteiger partial charge < -0.3 is 107 Å². The molecule has 0 unspecified atom stereocenters. The number of hydrogen-bond donors (Lipinski definition) is 12. The Balaban J connectivity index is 1.12. The van der Waals surface area contributed by atoms with Crippen molar-refractivity contribution < 1.29 is 107 Å². The highest BCUT2D eigenvalue weighted by Crippen LogP contribution is 2.32. The Morgan fingerprint density at radius 2 is 0.157 bits per heavy atom. The van der Waals surface area contributed by atoms with Crippen LogP contribution in [0.2, 0.25) is 0 Å². The molecule has 36 heteroatoms. The van der Waals surface area contributed by atoms with E-state index in [9.17, 15) is 57.5 Å². The first-order chi connectivity index (χ1) is 51.7. The van der Waals surface area contributed by atoms with E-state index in [2.05, 4.69) is 0 Å². The molecule has 1 saturated heterocycles. The average Bonchev–Trinajstić information content (AvgIpc) is 0.741. The third kappa shape index (κ3) is 17.2. The van der Waals surface area contributed by atoms with Gasteiger partial charge in [0.25, 0.3) is 0 Å². The molecule has 1 fully saturated rings. The molecule has 0 radical (unpaired) electrons. The zero-order valence-electron chi connectivity index (χ0n) is 56.9. The molecule has 1 heterocycles. The first kappa shape index (κ1) is 78.4. The van der Waals surface area contributed by atoms with Gasteiger partial charge in [0.2, 0.25) is 0 Å². The lowest BCUT2D eigenvalue weighted by atomic mass is 10.4. The van der Waals surface area contributed by atoms with Gasteiger partial charge in [-0.1, -0.05) is 364 Å². The molecule has 12 N–H and O–H groups in total. The summed E-state index contributed by atoms with van der Waals surface area (Å²) in [5.41, 5.74) is 0. The summed E-state index contributed by atoms with van der Waals surface area (Å²) in [6.45, 7) is 0. The molecular weight excluding hydrogens is 1590 g/mol. The van der Waals surface area contributed by atoms with Crippen molar-refractivity contribution in [3.63, 3.8) is 0 Å². The van der Waals surface area contributed by atoms with E-state index in [1.165, 1.54) is 291 Å². The summed E-state index contributed by atoms with van der Waals surface area (Å²) in [5, 5.41) is -3.33. The molecular formula is C72H72O24Si12. The Labute approximate surface area is 634 Å². The lowest BCUT2D eigenvalue weighted by Gasteiger charge is -2.44. The predicted octanol–water partition coefficient (Wildman–Crippen LogP) is -1.74. The fourth-order valence-corrected chi connectivity index (χ4v) is 54.9. The van der Waals surface area contributed by atoms with Crippen LogP contribution >= 0.6 is 0 Å². The minimum absolute atomic E-state index is 0.278. The molecule has 24 nitrogen and oxygen atoms in total. The van der Waals surface area contributed by atoms with Gasteiger partial charge in [-0.25, -0.2) is 0 Å². The topological polar surface area (TPSA) is 354 Å². The van der Waals surface area contributed by atoms with E-state index in [4.69, 9.17) is 49.4 Å². The van der Waals surface area contributed by atoms with Crippen molar-refractivity contribution in [3.8, 4) is 0 Å². The highest BCUT2D eigenvalue weighted by molar-refractivity contribution is 7.03. The van der Waals surface area contributed by atoms with E-state index in [1.54, 1.807) is 72.8 Å². The maximum absolute atomic E-state index is 14.1. The molecule has 0 aromatic heterocycles. The van der Waals surface area contributed by atoms with Crippen molar-refractivity contribution in [1.82, 2.24) is 0 Å². The quantitative estimate of drug-likeness (QED) is 0.0604. The Morgan fingerprint density at radius 3 is 0.213 bits per heavy atom. The molecule has 13 rings (SSSR count). The zero-order chi connectivity index (χ0) is 75.8. The van der Waals surface area contributed by atoms with E-state index >= 15 is 0 Å². The van der Waals surface area contributed by atoms with Crippen LogP contribution in [0.25, 0.3) is 0 Å². The lowest BCUT2D eigenvalue weighted by molar-refractivity contribution is 0.101. The van der Waals surface area contributed by atoms with E-state index in [0.29, 0.717) is 0 Å². The monoisotopic (exact) mass is 1660 g/mol. The van der Waals surface area contributed by atoms with Gasteiger partial charge >= 0.3 is 106 Å². The molecule has 0 aliphatic carbocycles. The minimum Gasteiger partial charge on any atom is -0.387 e. The number of rotatable bonds is 12. The molecule has 12 aromatic carbocycles. The van der Waals surface area contributed by atoms with Gasteiger partial charge in [0.15, 0.2) is 0 Å². The first-order valence-corrected chi connectivity index (χ1v) is 54.7. The summed E-state index contributed by atoms with van der Waals surface area (Å²) in [6.07, 6.45) is 0. The third-order valence-corrected chi connectivity index (χ3v) is 56.3. The Kier molecular flexibility index (Phi) is 23.5. The molecule has 0 saturated carbocycles. The van der Waals surface area contributed by atoms with Crippen LogP contribution in [0.4, 0.5) is 0 Å².